The first-order chi connectivity index (χ1) is 30.1. The van der Waals surface area contributed by atoms with Gasteiger partial charge in [-0.3, -0.25) is 14.8 Å². The van der Waals surface area contributed by atoms with Crippen molar-refractivity contribution in [2.45, 2.75) is 63.1 Å². The number of anilines is 3. The van der Waals surface area contributed by atoms with Gasteiger partial charge in [-0.2, -0.15) is 20.2 Å². The zero-order chi connectivity index (χ0) is 42.4. The van der Waals surface area contributed by atoms with Gasteiger partial charge in [0.25, 0.3) is 0 Å². The van der Waals surface area contributed by atoms with Crippen molar-refractivity contribution in [3.05, 3.63) is 96.0 Å². The Morgan fingerprint density at radius 1 is 0.903 bits per heavy atom. The van der Waals surface area contributed by atoms with Crippen molar-refractivity contribution in [1.82, 2.24) is 54.3 Å². The van der Waals surface area contributed by atoms with E-state index in [4.69, 9.17) is 24.7 Å². The third-order valence-corrected chi connectivity index (χ3v) is 12.8. The molecule has 0 aliphatic carbocycles. The summed E-state index contributed by atoms with van der Waals surface area (Å²) < 4.78 is 54.2. The standard InChI is InChI=1S/C43H43F3N14O2/c1-23-49-35-13-25(45)11-31-34-5-4-6-38(51-34)50-27-14-37(42(61)55(2)21-30(62-3)22-57(23)39(31)35)58(18-27)40-32-16-48-60(36-8-7-24(44)12-33(36)46)41(32)53-43(52-40)59-28-15-29(59)20-56(19-28)17-26-9-10-47-54-26/h4-13,16,27-30,37H,14-15,17-22H2,1-3H3,(H,47,54)(H,50,51)/t27-,28?,29?,30-,37-/m0/s1. The zero-order valence-electron chi connectivity index (χ0n) is 34.2. The minimum absolute atomic E-state index is 0.0322. The predicted octanol–water partition coefficient (Wildman–Crippen LogP) is 4.69. The molecule has 6 bridgehead atoms. The van der Waals surface area contributed by atoms with E-state index in [0.29, 0.717) is 70.7 Å². The van der Waals surface area contributed by atoms with E-state index in [0.717, 1.165) is 43.3 Å². The van der Waals surface area contributed by atoms with Gasteiger partial charge in [0.1, 0.15) is 40.8 Å². The lowest BCUT2D eigenvalue weighted by molar-refractivity contribution is -0.132. The second-order valence-electron chi connectivity index (χ2n) is 16.8. The van der Waals surface area contributed by atoms with Gasteiger partial charge in [0.05, 0.1) is 41.0 Å². The highest BCUT2D eigenvalue weighted by atomic mass is 19.1. The van der Waals surface area contributed by atoms with Crippen molar-refractivity contribution in [2.24, 2.45) is 0 Å². The van der Waals surface area contributed by atoms with E-state index in [2.05, 4.69) is 30.4 Å². The van der Waals surface area contributed by atoms with Crippen LogP contribution in [0.25, 0.3) is 39.0 Å². The van der Waals surface area contributed by atoms with Crippen LogP contribution in [0.15, 0.2) is 67.0 Å². The first-order valence-corrected chi connectivity index (χ1v) is 20.7. The minimum atomic E-state index is -0.792. The number of piperazine rings is 1. The SMILES string of the molecule is CO[C@H]1CN(C)C(=O)[C@@H]2C[C@@H](CN2c2nc(N3C4CC3CN(Cc3ccn[nH]3)C4)nc3c2cnn3-c2ccc(F)cc2F)Nc2cccc(n2)-c2cc(F)cc3nc(C)n(c23)C1. The van der Waals surface area contributed by atoms with Crippen LogP contribution in [0.3, 0.4) is 0 Å². The zero-order valence-corrected chi connectivity index (χ0v) is 34.2. The number of pyridine rings is 1. The van der Waals surface area contributed by atoms with Gasteiger partial charge >= 0.3 is 0 Å². The van der Waals surface area contributed by atoms with E-state index in [-0.39, 0.29) is 36.3 Å². The molecule has 5 aromatic heterocycles. The number of H-pyrrole nitrogens is 1. The van der Waals surface area contributed by atoms with Gasteiger partial charge in [-0.1, -0.05) is 6.07 Å². The first kappa shape index (κ1) is 38.3. The number of hydrogen-bond acceptors (Lipinski definition) is 12. The Balaban J connectivity index is 1.01. The smallest absolute Gasteiger partial charge is 0.245 e. The molecule has 16 nitrogen and oxygen atoms in total. The number of hydrogen-bond donors (Lipinski definition) is 2. The fourth-order valence-electron chi connectivity index (χ4n) is 9.92. The number of rotatable bonds is 6. The van der Waals surface area contributed by atoms with Gasteiger partial charge in [0.15, 0.2) is 11.5 Å². The predicted molar refractivity (Wildman–Crippen MR) is 224 cm³/mol. The van der Waals surface area contributed by atoms with E-state index in [1.165, 1.54) is 28.9 Å². The molecule has 1 amide bonds. The number of likely N-dealkylation sites (N-methyl/N-ethyl adjacent to an activating group) is 1. The maximum atomic E-state index is 15.5. The van der Waals surface area contributed by atoms with Crippen molar-refractivity contribution in [1.29, 1.82) is 0 Å². The molecular formula is C43H43F3N14O2. The molecule has 2 unspecified atom stereocenters. The van der Waals surface area contributed by atoms with Crippen LogP contribution < -0.4 is 15.1 Å². The van der Waals surface area contributed by atoms with Crippen LogP contribution in [-0.4, -0.2) is 131 Å². The molecule has 12 rings (SSSR count). The number of methoxy groups -OCH3 is 1. The summed E-state index contributed by atoms with van der Waals surface area (Å²) in [6.45, 7) is 5.08. The third kappa shape index (κ3) is 6.48. The largest absolute Gasteiger partial charge is 0.378 e. The summed E-state index contributed by atoms with van der Waals surface area (Å²) in [5, 5.41) is 15.8. The van der Waals surface area contributed by atoms with Crippen LogP contribution in [0, 0.1) is 24.4 Å². The molecule has 0 radical (unpaired) electrons. The second-order valence-corrected chi connectivity index (χ2v) is 16.8. The number of aromatic amines is 1. The minimum Gasteiger partial charge on any atom is -0.378 e. The van der Waals surface area contributed by atoms with E-state index < -0.39 is 29.6 Å². The summed E-state index contributed by atoms with van der Waals surface area (Å²) in [6, 6.07) is 13.0. The van der Waals surface area contributed by atoms with Crippen molar-refractivity contribution >= 4 is 45.6 Å². The van der Waals surface area contributed by atoms with Gasteiger partial charge in [0.2, 0.25) is 11.9 Å². The molecular weight excluding hydrogens is 802 g/mol. The fourth-order valence-corrected chi connectivity index (χ4v) is 9.92. The highest BCUT2D eigenvalue weighted by molar-refractivity contribution is 5.94. The molecule has 318 valence electrons. The Morgan fingerprint density at radius 2 is 1.76 bits per heavy atom. The molecule has 7 aromatic rings. The number of carbonyl (C=O) groups excluding carboxylic acids is 1. The Hall–Kier alpha value is -6.60. The van der Waals surface area contributed by atoms with E-state index in [1.807, 2.05) is 40.7 Å². The van der Waals surface area contributed by atoms with E-state index in [9.17, 15) is 9.18 Å². The maximum Gasteiger partial charge on any atom is 0.245 e. The molecule has 5 aliphatic heterocycles. The summed E-state index contributed by atoms with van der Waals surface area (Å²) in [7, 11) is 3.38. The number of aryl methyl sites for hydroxylation is 1. The van der Waals surface area contributed by atoms with Crippen molar-refractivity contribution < 1.29 is 22.7 Å². The summed E-state index contributed by atoms with van der Waals surface area (Å²) >= 11 is 0. The molecule has 0 spiro atoms. The van der Waals surface area contributed by atoms with Crippen molar-refractivity contribution in [3.63, 3.8) is 0 Å². The highest BCUT2D eigenvalue weighted by Crippen LogP contribution is 2.40. The van der Waals surface area contributed by atoms with E-state index >= 15 is 8.78 Å². The number of imidazole rings is 1. The van der Waals surface area contributed by atoms with Gasteiger partial charge in [-0.05, 0) is 56.2 Å². The van der Waals surface area contributed by atoms with Crippen LogP contribution in [0.2, 0.25) is 0 Å². The number of piperidine rings is 1. The average Bonchev–Trinajstić information content (AvgIpc) is 4.07. The van der Waals surface area contributed by atoms with Crippen LogP contribution >= 0.6 is 0 Å². The molecule has 10 heterocycles. The number of fused-ring (bicyclic) bond motifs is 8. The lowest BCUT2D eigenvalue weighted by Gasteiger charge is -2.56. The van der Waals surface area contributed by atoms with Gasteiger partial charge in [0, 0.05) is 94.6 Å². The van der Waals surface area contributed by atoms with Crippen molar-refractivity contribution in [2.75, 3.05) is 55.5 Å². The third-order valence-electron chi connectivity index (χ3n) is 12.8. The van der Waals surface area contributed by atoms with Crippen molar-refractivity contribution in [3.8, 4) is 16.9 Å². The Morgan fingerprint density at radius 3 is 2.55 bits per heavy atom. The second kappa shape index (κ2) is 14.8. The van der Waals surface area contributed by atoms with Crippen LogP contribution in [0.5, 0.6) is 0 Å². The molecule has 2 aromatic carbocycles. The number of amides is 1. The molecule has 4 saturated heterocycles. The molecule has 0 saturated carbocycles. The molecule has 4 fully saturated rings. The van der Waals surface area contributed by atoms with Gasteiger partial charge in [-0.15, -0.1) is 0 Å². The summed E-state index contributed by atoms with van der Waals surface area (Å²) in [4.78, 5) is 43.2. The molecule has 19 heteroatoms. The summed E-state index contributed by atoms with van der Waals surface area (Å²) in [6.07, 6.45) is 4.22. The first-order valence-electron chi connectivity index (χ1n) is 20.7. The Bertz CT molecular complexity index is 2850. The van der Waals surface area contributed by atoms with Crippen LogP contribution in [0.4, 0.5) is 30.8 Å². The van der Waals surface area contributed by atoms with E-state index in [1.54, 1.807) is 31.5 Å². The number of carbonyl (C=O) groups is 1. The average molecular weight is 845 g/mol. The monoisotopic (exact) mass is 844 g/mol. The number of aromatic nitrogens is 9. The van der Waals surface area contributed by atoms with Crippen LogP contribution in [0.1, 0.15) is 24.4 Å². The molecule has 5 aliphatic rings. The van der Waals surface area contributed by atoms with Crippen LogP contribution in [-0.2, 0) is 22.6 Å². The van der Waals surface area contributed by atoms with Gasteiger partial charge < -0.3 is 29.3 Å². The number of ether oxygens (including phenoxy) is 1. The molecule has 5 atom stereocenters. The number of nitrogens with zero attached hydrogens (tertiary/aromatic N) is 12. The fraction of sp³-hybridized carbons (Fsp3) is 0.372. The number of halogens is 3. The number of benzene rings is 2. The lowest BCUT2D eigenvalue weighted by atomic mass is 9.88. The topological polar surface area (TPSA) is 154 Å². The normalized spacial score (nSPS) is 22.8. The maximum absolute atomic E-state index is 15.5. The lowest BCUT2D eigenvalue weighted by Crippen LogP contribution is -2.69. The molecule has 62 heavy (non-hydrogen) atoms. The molecule has 2 N–H and O–H groups in total. The van der Waals surface area contributed by atoms with Gasteiger partial charge in [-0.25, -0.2) is 27.8 Å². The highest BCUT2D eigenvalue weighted by Gasteiger charge is 2.47. The summed E-state index contributed by atoms with van der Waals surface area (Å²) in [5.41, 5.74) is 3.79. The Labute approximate surface area is 353 Å². The quantitative estimate of drug-likeness (QED) is 0.239. The Kier molecular flexibility index (Phi) is 9.15. The number of nitrogens with one attached hydrogen (secondary N) is 2. The summed E-state index contributed by atoms with van der Waals surface area (Å²) in [5.74, 6) is 0.0725.